The second-order valence-corrected chi connectivity index (χ2v) is 5.87. The van der Waals surface area contributed by atoms with Crippen molar-refractivity contribution in [2.45, 2.75) is 13.1 Å². The Balaban J connectivity index is 1.86. The van der Waals surface area contributed by atoms with Crippen LogP contribution in [0, 0.1) is 6.92 Å². The molecule has 3 heterocycles. The zero-order valence-electron chi connectivity index (χ0n) is 13.7. The number of nitrogens with zero attached hydrogens (tertiary/aromatic N) is 4. The van der Waals surface area contributed by atoms with Gasteiger partial charge in [0.15, 0.2) is 5.82 Å². The van der Waals surface area contributed by atoms with E-state index in [0.29, 0.717) is 5.52 Å². The fourth-order valence-electron chi connectivity index (χ4n) is 2.76. The Morgan fingerprint density at radius 2 is 1.73 bits per heavy atom. The summed E-state index contributed by atoms with van der Waals surface area (Å²) in [5.41, 5.74) is 2.25. The van der Waals surface area contributed by atoms with Crippen LogP contribution in [0.4, 0.5) is 13.2 Å². The van der Waals surface area contributed by atoms with E-state index in [1.807, 2.05) is 43.3 Å². The highest BCUT2D eigenvalue weighted by Crippen LogP contribution is 2.29. The average molecular weight is 354 g/mol. The zero-order valence-corrected chi connectivity index (χ0v) is 13.7. The fraction of sp³-hybridized carbons (Fsp3) is 0.105. The Morgan fingerprint density at radius 1 is 0.923 bits per heavy atom. The molecule has 0 fully saturated rings. The van der Waals surface area contributed by atoms with Gasteiger partial charge in [-0.3, -0.25) is 4.98 Å². The maximum absolute atomic E-state index is 12.9. The van der Waals surface area contributed by atoms with Crippen molar-refractivity contribution >= 4 is 10.9 Å². The van der Waals surface area contributed by atoms with E-state index >= 15 is 0 Å². The number of halogens is 3. The van der Waals surface area contributed by atoms with E-state index in [4.69, 9.17) is 0 Å². The Labute approximate surface area is 147 Å². The van der Waals surface area contributed by atoms with Gasteiger partial charge in [-0.25, -0.2) is 9.67 Å². The number of rotatable bonds is 2. The smallest absolute Gasteiger partial charge is 0.253 e. The zero-order chi connectivity index (χ0) is 18.3. The molecular weight excluding hydrogens is 341 g/mol. The first-order chi connectivity index (χ1) is 12.4. The van der Waals surface area contributed by atoms with Gasteiger partial charge in [-0.1, -0.05) is 24.3 Å². The SMILES string of the molecule is Cc1cccc(-c2ccc3cnn(-c4cccc(C(F)(F)F)n4)c3c2)n1. The third-order valence-corrected chi connectivity index (χ3v) is 4.00. The average Bonchev–Trinajstić information content (AvgIpc) is 3.04. The van der Waals surface area contributed by atoms with Gasteiger partial charge in [0, 0.05) is 16.6 Å². The second-order valence-electron chi connectivity index (χ2n) is 5.87. The summed E-state index contributed by atoms with van der Waals surface area (Å²) in [7, 11) is 0. The van der Waals surface area contributed by atoms with Gasteiger partial charge < -0.3 is 0 Å². The van der Waals surface area contributed by atoms with Crippen LogP contribution in [0.2, 0.25) is 0 Å². The minimum atomic E-state index is -4.50. The van der Waals surface area contributed by atoms with Crippen LogP contribution in [0.1, 0.15) is 11.4 Å². The molecule has 26 heavy (non-hydrogen) atoms. The number of benzene rings is 1. The minimum Gasteiger partial charge on any atom is -0.253 e. The molecule has 0 saturated carbocycles. The van der Waals surface area contributed by atoms with E-state index in [1.54, 1.807) is 6.20 Å². The molecule has 4 rings (SSSR count). The Hall–Kier alpha value is -3.22. The van der Waals surface area contributed by atoms with E-state index in [9.17, 15) is 13.2 Å². The van der Waals surface area contributed by atoms with Crippen molar-refractivity contribution in [3.63, 3.8) is 0 Å². The number of hydrogen-bond acceptors (Lipinski definition) is 3. The third kappa shape index (κ3) is 2.92. The molecule has 0 N–H and O–H groups in total. The first kappa shape index (κ1) is 16.3. The van der Waals surface area contributed by atoms with Crippen molar-refractivity contribution in [3.05, 3.63) is 72.2 Å². The van der Waals surface area contributed by atoms with Crippen LogP contribution in [-0.4, -0.2) is 19.7 Å². The van der Waals surface area contributed by atoms with Gasteiger partial charge in [-0.2, -0.15) is 18.3 Å². The van der Waals surface area contributed by atoms with Crippen molar-refractivity contribution in [1.82, 2.24) is 19.7 Å². The standard InChI is InChI=1S/C19H13F3N4/c1-12-4-2-5-15(24-12)13-8-9-14-11-23-26(16(14)10-13)18-7-3-6-17(25-18)19(20,21)22/h2-11H,1H3. The van der Waals surface area contributed by atoms with E-state index in [0.717, 1.165) is 28.4 Å². The molecule has 0 amide bonds. The monoisotopic (exact) mass is 354 g/mol. The summed E-state index contributed by atoms with van der Waals surface area (Å²) in [6.07, 6.45) is -2.90. The summed E-state index contributed by atoms with van der Waals surface area (Å²) in [4.78, 5) is 8.20. The van der Waals surface area contributed by atoms with Crippen LogP contribution in [0.5, 0.6) is 0 Å². The van der Waals surface area contributed by atoms with E-state index in [1.165, 1.54) is 16.8 Å². The summed E-state index contributed by atoms with van der Waals surface area (Å²) >= 11 is 0. The lowest BCUT2D eigenvalue weighted by molar-refractivity contribution is -0.141. The molecule has 0 bridgehead atoms. The molecule has 0 spiro atoms. The van der Waals surface area contributed by atoms with Gasteiger partial charge in [0.2, 0.25) is 0 Å². The topological polar surface area (TPSA) is 43.6 Å². The van der Waals surface area contributed by atoms with Crippen LogP contribution in [0.15, 0.2) is 60.8 Å². The van der Waals surface area contributed by atoms with Gasteiger partial charge in [-0.05, 0) is 37.3 Å². The van der Waals surface area contributed by atoms with E-state index in [2.05, 4.69) is 15.1 Å². The molecule has 7 heteroatoms. The molecule has 0 unspecified atom stereocenters. The summed E-state index contributed by atoms with van der Waals surface area (Å²) < 4.78 is 40.2. The predicted molar refractivity (Wildman–Crippen MR) is 91.8 cm³/mol. The van der Waals surface area contributed by atoms with Gasteiger partial charge in [0.05, 0.1) is 17.4 Å². The van der Waals surface area contributed by atoms with Crippen LogP contribution in [-0.2, 0) is 6.18 Å². The van der Waals surface area contributed by atoms with Crippen LogP contribution in [0.25, 0.3) is 28.0 Å². The maximum Gasteiger partial charge on any atom is 0.433 e. The summed E-state index contributed by atoms with van der Waals surface area (Å²) in [6.45, 7) is 1.90. The van der Waals surface area contributed by atoms with Gasteiger partial charge in [0.25, 0.3) is 0 Å². The van der Waals surface area contributed by atoms with Crippen molar-refractivity contribution in [1.29, 1.82) is 0 Å². The van der Waals surface area contributed by atoms with Gasteiger partial charge >= 0.3 is 6.18 Å². The second kappa shape index (κ2) is 5.94. The Morgan fingerprint density at radius 3 is 2.50 bits per heavy atom. The van der Waals surface area contributed by atoms with Crippen molar-refractivity contribution < 1.29 is 13.2 Å². The Bertz CT molecular complexity index is 1100. The molecule has 0 atom stereocenters. The summed E-state index contributed by atoms with van der Waals surface area (Å²) in [5, 5.41) is 5.01. The van der Waals surface area contributed by atoms with Crippen LogP contribution < -0.4 is 0 Å². The summed E-state index contributed by atoms with van der Waals surface area (Å²) in [5.74, 6) is 0.115. The summed E-state index contributed by atoms with van der Waals surface area (Å²) in [6, 6.07) is 15.1. The highest BCUT2D eigenvalue weighted by Gasteiger charge is 2.32. The molecular formula is C19H13F3N4. The lowest BCUT2D eigenvalue weighted by Crippen LogP contribution is -2.10. The molecule has 0 radical (unpaired) electrons. The number of pyridine rings is 2. The molecule has 0 saturated heterocycles. The molecule has 0 aliphatic carbocycles. The number of alkyl halides is 3. The lowest BCUT2D eigenvalue weighted by atomic mass is 10.1. The van der Waals surface area contributed by atoms with Crippen molar-refractivity contribution in [2.75, 3.05) is 0 Å². The van der Waals surface area contributed by atoms with E-state index in [-0.39, 0.29) is 5.82 Å². The number of fused-ring (bicyclic) bond motifs is 1. The van der Waals surface area contributed by atoms with Gasteiger partial charge in [-0.15, -0.1) is 0 Å². The lowest BCUT2D eigenvalue weighted by Gasteiger charge is -2.09. The third-order valence-electron chi connectivity index (χ3n) is 4.00. The Kier molecular flexibility index (Phi) is 3.72. The maximum atomic E-state index is 12.9. The number of aromatic nitrogens is 4. The molecule has 4 aromatic rings. The van der Waals surface area contributed by atoms with Crippen molar-refractivity contribution in [3.8, 4) is 17.1 Å². The molecule has 0 aliphatic rings. The molecule has 130 valence electrons. The molecule has 3 aromatic heterocycles. The van der Waals surface area contributed by atoms with Gasteiger partial charge in [0.1, 0.15) is 5.69 Å². The highest BCUT2D eigenvalue weighted by atomic mass is 19.4. The van der Waals surface area contributed by atoms with Crippen LogP contribution >= 0.6 is 0 Å². The largest absolute Gasteiger partial charge is 0.433 e. The number of aryl methyl sites for hydroxylation is 1. The molecule has 1 aromatic carbocycles. The fourth-order valence-corrected chi connectivity index (χ4v) is 2.76. The molecule has 0 aliphatic heterocycles. The van der Waals surface area contributed by atoms with Crippen LogP contribution in [0.3, 0.4) is 0 Å². The normalized spacial score (nSPS) is 11.8. The predicted octanol–water partition coefficient (Wildman–Crippen LogP) is 4.81. The minimum absolute atomic E-state index is 0.115. The van der Waals surface area contributed by atoms with Crippen molar-refractivity contribution in [2.24, 2.45) is 0 Å². The van der Waals surface area contributed by atoms with E-state index < -0.39 is 11.9 Å². The first-order valence-corrected chi connectivity index (χ1v) is 7.88. The number of hydrogen-bond donors (Lipinski definition) is 0. The first-order valence-electron chi connectivity index (χ1n) is 7.88. The highest BCUT2D eigenvalue weighted by molar-refractivity contribution is 5.84. The quantitative estimate of drug-likeness (QED) is 0.519. The molecule has 4 nitrogen and oxygen atoms in total.